The van der Waals surface area contributed by atoms with Crippen molar-refractivity contribution in [3.05, 3.63) is 64.7 Å². The van der Waals surface area contributed by atoms with Gasteiger partial charge in [0.25, 0.3) is 10.0 Å². The van der Waals surface area contributed by atoms with Crippen molar-refractivity contribution in [3.63, 3.8) is 0 Å². The van der Waals surface area contributed by atoms with Crippen LogP contribution in [0.15, 0.2) is 47.4 Å². The van der Waals surface area contributed by atoms with Crippen molar-refractivity contribution in [1.82, 2.24) is 4.90 Å². The van der Waals surface area contributed by atoms with Crippen LogP contribution in [0.3, 0.4) is 0 Å². The van der Waals surface area contributed by atoms with Crippen LogP contribution in [0.25, 0.3) is 6.08 Å². The summed E-state index contributed by atoms with van der Waals surface area (Å²) in [6, 6.07) is 10.5. The third kappa shape index (κ3) is 6.03. The first kappa shape index (κ1) is 25.0. The molecule has 0 atom stereocenters. The van der Waals surface area contributed by atoms with E-state index >= 15 is 0 Å². The number of hydrogen-bond acceptors (Lipinski definition) is 5. The summed E-state index contributed by atoms with van der Waals surface area (Å²) in [5, 5.41) is 0. The van der Waals surface area contributed by atoms with Crippen molar-refractivity contribution >= 4 is 27.8 Å². The molecule has 0 unspecified atom stereocenters. The summed E-state index contributed by atoms with van der Waals surface area (Å²) in [5.74, 6) is -0.518. The lowest BCUT2D eigenvalue weighted by atomic mass is 9.87. The van der Waals surface area contributed by atoms with Gasteiger partial charge in [0.2, 0.25) is 0 Å². The molecule has 2 aromatic carbocycles. The van der Waals surface area contributed by atoms with E-state index in [9.17, 15) is 13.2 Å². The molecule has 0 fully saturated rings. The minimum atomic E-state index is -3.92. The lowest BCUT2D eigenvalue weighted by Crippen LogP contribution is -2.23. The van der Waals surface area contributed by atoms with Crippen molar-refractivity contribution in [2.24, 2.45) is 0 Å². The third-order valence-corrected chi connectivity index (χ3v) is 7.62. The number of fused-ring (bicyclic) bond motifs is 1. The van der Waals surface area contributed by atoms with Gasteiger partial charge in [0.1, 0.15) is 0 Å². The van der Waals surface area contributed by atoms with Crippen molar-refractivity contribution in [3.8, 4) is 0 Å². The molecule has 0 amide bonds. The van der Waals surface area contributed by atoms with E-state index in [0.717, 1.165) is 62.9 Å². The van der Waals surface area contributed by atoms with Gasteiger partial charge in [0.15, 0.2) is 0 Å². The van der Waals surface area contributed by atoms with E-state index in [-0.39, 0.29) is 10.6 Å². The highest BCUT2D eigenvalue weighted by atomic mass is 32.2. The minimum absolute atomic E-state index is 0.178. The monoisotopic (exact) mass is 470 g/mol. The number of rotatable bonds is 10. The van der Waals surface area contributed by atoms with Crippen LogP contribution in [0.1, 0.15) is 60.2 Å². The molecule has 7 heteroatoms. The zero-order chi connectivity index (χ0) is 23.8. The summed E-state index contributed by atoms with van der Waals surface area (Å²) >= 11 is 0. The second kappa shape index (κ2) is 11.5. The Bertz CT molecular complexity index is 1110. The first-order valence-corrected chi connectivity index (χ1v) is 13.1. The Labute approximate surface area is 197 Å². The minimum Gasteiger partial charge on any atom is -0.465 e. The van der Waals surface area contributed by atoms with Crippen LogP contribution in [-0.2, 0) is 27.6 Å². The van der Waals surface area contributed by atoms with Crippen molar-refractivity contribution in [2.75, 3.05) is 31.5 Å². The molecule has 0 aliphatic heterocycles. The molecule has 1 N–H and O–H groups in total. The summed E-state index contributed by atoms with van der Waals surface area (Å²) in [6.07, 6.45) is 8.34. The SMILES string of the molecule is CCN(CC)CC/C=C/c1ccccc1S(=O)(=O)Nc1ccc2c(c1C(=O)OC)CCCC2. The van der Waals surface area contributed by atoms with Gasteiger partial charge in [0, 0.05) is 6.54 Å². The number of nitrogens with zero attached hydrogens (tertiary/aromatic N) is 1. The van der Waals surface area contributed by atoms with Crippen molar-refractivity contribution < 1.29 is 17.9 Å². The van der Waals surface area contributed by atoms with Crippen molar-refractivity contribution in [1.29, 1.82) is 0 Å². The van der Waals surface area contributed by atoms with Gasteiger partial charge in [-0.3, -0.25) is 4.72 Å². The number of carbonyl (C=O) groups excluding carboxylic acids is 1. The molecule has 1 aliphatic carbocycles. The van der Waals surface area contributed by atoms with Crippen LogP contribution in [0.2, 0.25) is 0 Å². The van der Waals surface area contributed by atoms with Gasteiger partial charge >= 0.3 is 5.97 Å². The number of ether oxygens (including phenoxy) is 1. The summed E-state index contributed by atoms with van der Waals surface area (Å²) < 4.78 is 34.4. The van der Waals surface area contributed by atoms with Crippen LogP contribution in [0.4, 0.5) is 5.69 Å². The number of benzene rings is 2. The molecule has 0 heterocycles. The van der Waals surface area contributed by atoms with Crippen LogP contribution in [0.5, 0.6) is 0 Å². The smallest absolute Gasteiger partial charge is 0.340 e. The highest BCUT2D eigenvalue weighted by molar-refractivity contribution is 7.92. The summed E-state index contributed by atoms with van der Waals surface area (Å²) in [5.41, 5.74) is 3.18. The molecule has 0 aromatic heterocycles. The number of anilines is 1. The average Bonchev–Trinajstić information content (AvgIpc) is 2.83. The average molecular weight is 471 g/mol. The number of sulfonamides is 1. The molecular weight excluding hydrogens is 436 g/mol. The Morgan fingerprint density at radius 2 is 1.82 bits per heavy atom. The number of aryl methyl sites for hydroxylation is 1. The number of methoxy groups -OCH3 is 1. The van der Waals surface area contributed by atoms with Gasteiger partial charge in [-0.2, -0.15) is 0 Å². The third-order valence-electron chi connectivity index (χ3n) is 6.18. The van der Waals surface area contributed by atoms with Gasteiger partial charge in [-0.05, 0) is 74.0 Å². The first-order chi connectivity index (χ1) is 15.9. The molecule has 33 heavy (non-hydrogen) atoms. The van der Waals surface area contributed by atoms with Crippen LogP contribution in [0, 0.1) is 0 Å². The fourth-order valence-electron chi connectivity index (χ4n) is 4.32. The van der Waals surface area contributed by atoms with E-state index in [4.69, 9.17) is 4.74 Å². The lowest BCUT2D eigenvalue weighted by molar-refractivity contribution is 0.0600. The van der Waals surface area contributed by atoms with Gasteiger partial charge < -0.3 is 9.64 Å². The Balaban J connectivity index is 1.90. The van der Waals surface area contributed by atoms with Gasteiger partial charge in [-0.1, -0.05) is 50.3 Å². The molecule has 0 spiro atoms. The Hall–Kier alpha value is -2.64. The van der Waals surface area contributed by atoms with E-state index < -0.39 is 16.0 Å². The highest BCUT2D eigenvalue weighted by Crippen LogP contribution is 2.32. The zero-order valence-electron chi connectivity index (χ0n) is 19.8. The van der Waals surface area contributed by atoms with Gasteiger partial charge in [-0.25, -0.2) is 13.2 Å². The van der Waals surface area contributed by atoms with Crippen LogP contribution in [-0.4, -0.2) is 46.0 Å². The van der Waals surface area contributed by atoms with Gasteiger partial charge in [0.05, 0.1) is 23.3 Å². The number of esters is 1. The van der Waals surface area contributed by atoms with E-state index in [1.807, 2.05) is 24.3 Å². The number of nitrogens with one attached hydrogen (secondary N) is 1. The van der Waals surface area contributed by atoms with Crippen LogP contribution < -0.4 is 4.72 Å². The fourth-order valence-corrected chi connectivity index (χ4v) is 5.59. The molecule has 1 aliphatic rings. The molecular formula is C26H34N2O4S. The molecule has 0 bridgehead atoms. The largest absolute Gasteiger partial charge is 0.465 e. The van der Waals surface area contributed by atoms with E-state index in [2.05, 4.69) is 23.5 Å². The molecule has 3 rings (SSSR count). The summed E-state index contributed by atoms with van der Waals surface area (Å²) in [6.45, 7) is 7.16. The van der Waals surface area contributed by atoms with E-state index in [1.54, 1.807) is 24.3 Å². The second-order valence-corrected chi connectivity index (χ2v) is 9.84. The Morgan fingerprint density at radius 3 is 2.55 bits per heavy atom. The molecule has 2 aromatic rings. The lowest BCUT2D eigenvalue weighted by Gasteiger charge is -2.21. The molecule has 6 nitrogen and oxygen atoms in total. The highest BCUT2D eigenvalue weighted by Gasteiger charge is 2.26. The predicted molar refractivity (Wildman–Crippen MR) is 133 cm³/mol. The maximum absolute atomic E-state index is 13.4. The van der Waals surface area contributed by atoms with Crippen LogP contribution >= 0.6 is 0 Å². The zero-order valence-corrected chi connectivity index (χ0v) is 20.6. The normalized spacial score (nSPS) is 13.8. The fraction of sp³-hybridized carbons (Fsp3) is 0.423. The second-order valence-electron chi connectivity index (χ2n) is 8.19. The number of hydrogen-bond donors (Lipinski definition) is 1. The van der Waals surface area contributed by atoms with Gasteiger partial charge in [-0.15, -0.1) is 0 Å². The first-order valence-electron chi connectivity index (χ1n) is 11.6. The summed E-state index contributed by atoms with van der Waals surface area (Å²) in [7, 11) is -2.60. The summed E-state index contributed by atoms with van der Waals surface area (Å²) in [4.78, 5) is 15.1. The van der Waals surface area contributed by atoms with Crippen molar-refractivity contribution in [2.45, 2.75) is 50.8 Å². The van der Waals surface area contributed by atoms with E-state index in [0.29, 0.717) is 11.1 Å². The molecule has 178 valence electrons. The van der Waals surface area contributed by atoms with E-state index in [1.165, 1.54) is 7.11 Å². The maximum atomic E-state index is 13.4. The molecule has 0 saturated carbocycles. The predicted octanol–water partition coefficient (Wildman–Crippen LogP) is 4.90. The Kier molecular flexibility index (Phi) is 8.69. The molecule has 0 radical (unpaired) electrons. The quantitative estimate of drug-likeness (QED) is 0.500. The Morgan fingerprint density at radius 1 is 1.09 bits per heavy atom. The maximum Gasteiger partial charge on any atom is 0.340 e. The standard InChI is InChI=1S/C26H34N2O4S/c1-4-28(5-2)19-11-10-14-21-13-7-9-16-24(21)33(30,31)27-23-18-17-20-12-6-8-15-22(20)25(23)26(29)32-3/h7,9-10,13-14,16-18,27H,4-6,8,11-12,15,19H2,1-3H3/b14-10+. The number of carbonyl (C=O) groups is 1. The molecule has 0 saturated heterocycles. The topological polar surface area (TPSA) is 75.7 Å².